The molecule has 0 aliphatic rings. The number of hydrogen-bond acceptors (Lipinski definition) is 4. The molecule has 0 aliphatic carbocycles. The van der Waals surface area contributed by atoms with Crippen molar-refractivity contribution < 1.29 is 0 Å². The fourth-order valence-corrected chi connectivity index (χ4v) is 0.515. The molecule has 0 spiro atoms. The monoisotopic (exact) mass is 138 g/mol. The molecular weight excluding hydrogens is 132 g/mol. The molecule has 5 nitrogen and oxygen atoms in total. The molecule has 52 valence electrons. The highest BCUT2D eigenvalue weighted by Gasteiger charge is 1.88. The first-order valence-corrected chi connectivity index (χ1v) is 2.67. The Labute approximate surface area is 56.8 Å². The highest BCUT2D eigenvalue weighted by molar-refractivity contribution is 5.21. The van der Waals surface area contributed by atoms with Gasteiger partial charge in [0.15, 0.2) is 5.82 Å². The van der Waals surface area contributed by atoms with Crippen LogP contribution in [0.4, 0.5) is 5.82 Å². The molecule has 10 heavy (non-hydrogen) atoms. The Morgan fingerprint density at radius 1 is 1.70 bits per heavy atom. The van der Waals surface area contributed by atoms with Crippen LogP contribution in [0.25, 0.3) is 0 Å². The predicted octanol–water partition coefficient (Wildman–Crippen LogP) is 0.483. The van der Waals surface area contributed by atoms with E-state index in [1.54, 1.807) is 0 Å². The van der Waals surface area contributed by atoms with Gasteiger partial charge >= 0.3 is 0 Å². The van der Waals surface area contributed by atoms with Crippen molar-refractivity contribution in [2.45, 2.75) is 0 Å². The Morgan fingerprint density at radius 2 is 2.50 bits per heavy atom. The van der Waals surface area contributed by atoms with Gasteiger partial charge in [0.1, 0.15) is 0 Å². The number of nitrogens with one attached hydrogen (secondary N) is 1. The zero-order valence-corrected chi connectivity index (χ0v) is 5.40. The fourth-order valence-electron chi connectivity index (χ4n) is 0.515. The summed E-state index contributed by atoms with van der Waals surface area (Å²) in [5, 5.41) is 7.02. The van der Waals surface area contributed by atoms with Crippen molar-refractivity contribution in [3.8, 4) is 0 Å². The molecule has 1 aromatic rings. The van der Waals surface area contributed by atoms with Crippen molar-refractivity contribution in [1.82, 2.24) is 9.97 Å². The van der Waals surface area contributed by atoms with Crippen LogP contribution in [-0.4, -0.2) is 17.0 Å². The van der Waals surface area contributed by atoms with Crippen LogP contribution in [0.3, 0.4) is 0 Å². The lowest BCUT2D eigenvalue weighted by Gasteiger charge is -1.84. The van der Waals surface area contributed by atoms with Crippen LogP contribution >= 0.6 is 0 Å². The van der Waals surface area contributed by atoms with E-state index in [9.17, 15) is 4.79 Å². The zero-order valence-electron chi connectivity index (χ0n) is 5.40. The van der Waals surface area contributed by atoms with Crippen molar-refractivity contribution in [3.63, 3.8) is 0 Å². The maximum absolute atomic E-state index is 10.6. The van der Waals surface area contributed by atoms with E-state index >= 15 is 0 Å². The summed E-state index contributed by atoms with van der Waals surface area (Å²) < 4.78 is 0. The van der Waals surface area contributed by atoms with E-state index in [-0.39, 0.29) is 5.56 Å². The van der Waals surface area contributed by atoms with E-state index in [4.69, 9.17) is 0 Å². The van der Waals surface area contributed by atoms with Crippen LogP contribution < -0.4 is 5.56 Å². The minimum Gasteiger partial charge on any atom is -0.313 e. The number of hydrogen-bond donors (Lipinski definition) is 1. The normalized spacial score (nSPS) is 10.5. The molecule has 0 fully saturated rings. The lowest BCUT2D eigenvalue weighted by atomic mass is 10.6. The maximum atomic E-state index is 10.6. The van der Waals surface area contributed by atoms with Gasteiger partial charge in [0.05, 0.1) is 6.33 Å². The summed E-state index contributed by atoms with van der Waals surface area (Å²) in [4.78, 5) is 16.6. The molecule has 1 heterocycles. The largest absolute Gasteiger partial charge is 0.313 e. The predicted molar refractivity (Wildman–Crippen MR) is 35.3 cm³/mol. The van der Waals surface area contributed by atoms with Crippen molar-refractivity contribution in [2.24, 2.45) is 10.2 Å². The van der Waals surface area contributed by atoms with Crippen molar-refractivity contribution in [3.05, 3.63) is 22.7 Å². The van der Waals surface area contributed by atoms with Gasteiger partial charge in [-0.05, 0) is 0 Å². The number of rotatable bonds is 1. The molecule has 0 unspecified atom stereocenters. The minimum absolute atomic E-state index is 0.225. The van der Waals surface area contributed by atoms with Gasteiger partial charge in [-0.15, -0.1) is 5.11 Å². The number of aromatic nitrogens is 2. The van der Waals surface area contributed by atoms with Gasteiger partial charge in [-0.1, -0.05) is 0 Å². The van der Waals surface area contributed by atoms with Crippen LogP contribution in [0.15, 0.2) is 27.4 Å². The molecule has 5 heteroatoms. The van der Waals surface area contributed by atoms with E-state index < -0.39 is 0 Å². The third kappa shape index (κ3) is 1.48. The van der Waals surface area contributed by atoms with Gasteiger partial charge in [-0.25, -0.2) is 4.98 Å². The van der Waals surface area contributed by atoms with Crippen molar-refractivity contribution >= 4 is 5.82 Å². The lowest BCUT2D eigenvalue weighted by molar-refractivity contribution is 1.05. The average Bonchev–Trinajstić information content (AvgIpc) is 1.88. The summed E-state index contributed by atoms with van der Waals surface area (Å²) in [6.45, 7) is 0. The number of H-pyrrole nitrogens is 1. The Balaban J connectivity index is 3.07. The average molecular weight is 138 g/mol. The molecular formula is C5H6N4O. The summed E-state index contributed by atoms with van der Waals surface area (Å²) in [5.74, 6) is 0.325. The van der Waals surface area contributed by atoms with Gasteiger partial charge in [-0.2, -0.15) is 5.11 Å². The van der Waals surface area contributed by atoms with Gasteiger partial charge < -0.3 is 4.98 Å². The van der Waals surface area contributed by atoms with E-state index in [2.05, 4.69) is 20.2 Å². The second kappa shape index (κ2) is 2.86. The molecule has 0 aliphatic heterocycles. The van der Waals surface area contributed by atoms with Crippen LogP contribution in [0, 0.1) is 0 Å². The summed E-state index contributed by atoms with van der Waals surface area (Å²) in [7, 11) is 1.52. The maximum Gasteiger partial charge on any atom is 0.252 e. The summed E-state index contributed by atoms with van der Waals surface area (Å²) >= 11 is 0. The van der Waals surface area contributed by atoms with Crippen LogP contribution in [0.5, 0.6) is 0 Å². The smallest absolute Gasteiger partial charge is 0.252 e. The Kier molecular flexibility index (Phi) is 1.89. The second-order valence-corrected chi connectivity index (χ2v) is 1.57. The minimum atomic E-state index is -0.225. The van der Waals surface area contributed by atoms with Gasteiger partial charge in [0, 0.05) is 13.1 Å². The molecule has 1 N–H and O–H groups in total. The summed E-state index contributed by atoms with van der Waals surface area (Å²) in [6, 6.07) is 1.27. The summed E-state index contributed by atoms with van der Waals surface area (Å²) in [5.41, 5.74) is -0.225. The Morgan fingerprint density at radius 3 is 3.10 bits per heavy atom. The molecule has 0 saturated carbocycles. The summed E-state index contributed by atoms with van der Waals surface area (Å²) in [6.07, 6.45) is 1.28. The molecule has 0 saturated heterocycles. The first kappa shape index (κ1) is 6.60. The fraction of sp³-hybridized carbons (Fsp3) is 0.200. The van der Waals surface area contributed by atoms with Gasteiger partial charge in [0.2, 0.25) is 0 Å². The molecule has 0 amide bonds. The zero-order chi connectivity index (χ0) is 7.40. The highest BCUT2D eigenvalue weighted by atomic mass is 16.1. The third-order valence-corrected chi connectivity index (χ3v) is 0.866. The molecule has 0 atom stereocenters. The van der Waals surface area contributed by atoms with Crippen LogP contribution in [0.1, 0.15) is 0 Å². The first-order chi connectivity index (χ1) is 4.83. The number of nitrogens with zero attached hydrogens (tertiary/aromatic N) is 3. The standard InChI is InChI=1S/C5H6N4O/c1-6-9-4-2-5(10)8-3-7-4/h2-3H,1H3,(H,7,8,10). The molecule has 0 radical (unpaired) electrons. The topological polar surface area (TPSA) is 70.5 Å². The molecule has 1 aromatic heterocycles. The second-order valence-electron chi connectivity index (χ2n) is 1.57. The van der Waals surface area contributed by atoms with Gasteiger partial charge in [0.25, 0.3) is 5.56 Å². The molecule has 0 aromatic carbocycles. The van der Waals surface area contributed by atoms with E-state index in [0.717, 1.165) is 0 Å². The number of azo groups is 1. The quantitative estimate of drug-likeness (QED) is 0.573. The third-order valence-electron chi connectivity index (χ3n) is 0.866. The van der Waals surface area contributed by atoms with E-state index in [1.807, 2.05) is 0 Å². The Hall–Kier alpha value is -1.52. The van der Waals surface area contributed by atoms with Crippen LogP contribution in [0.2, 0.25) is 0 Å². The first-order valence-electron chi connectivity index (χ1n) is 2.67. The van der Waals surface area contributed by atoms with E-state index in [0.29, 0.717) is 5.82 Å². The van der Waals surface area contributed by atoms with Crippen molar-refractivity contribution in [1.29, 1.82) is 0 Å². The van der Waals surface area contributed by atoms with Crippen molar-refractivity contribution in [2.75, 3.05) is 7.05 Å². The SMILES string of the molecule is CN=Nc1cc(=O)[nH]cn1. The van der Waals surface area contributed by atoms with Crippen LogP contribution in [-0.2, 0) is 0 Å². The molecule has 0 bridgehead atoms. The Bertz CT molecular complexity index is 290. The molecule has 1 rings (SSSR count). The van der Waals surface area contributed by atoms with Gasteiger partial charge in [-0.3, -0.25) is 4.79 Å². The van der Waals surface area contributed by atoms with E-state index in [1.165, 1.54) is 19.4 Å². The lowest BCUT2D eigenvalue weighted by Crippen LogP contribution is -2.01. The number of aromatic amines is 1. The highest BCUT2D eigenvalue weighted by Crippen LogP contribution is 1.99.